The fourth-order valence-electron chi connectivity index (χ4n) is 1.20. The minimum atomic E-state index is -0.167. The summed E-state index contributed by atoms with van der Waals surface area (Å²) in [4.78, 5) is 0. The van der Waals surface area contributed by atoms with Crippen molar-refractivity contribution in [3.8, 4) is 0 Å². The summed E-state index contributed by atoms with van der Waals surface area (Å²) in [5.74, 6) is -0.167. The molecule has 14 heavy (non-hydrogen) atoms. The highest BCUT2D eigenvalue weighted by Gasteiger charge is 2.11. The molecule has 1 aliphatic rings. The van der Waals surface area contributed by atoms with E-state index in [9.17, 15) is 4.39 Å². The zero-order valence-corrected chi connectivity index (χ0v) is 8.50. The van der Waals surface area contributed by atoms with E-state index in [1.54, 1.807) is 6.92 Å². The van der Waals surface area contributed by atoms with Crippen LogP contribution in [0.15, 0.2) is 17.0 Å². The maximum absolute atomic E-state index is 12.6. The average molecular weight is 200 g/mol. The lowest BCUT2D eigenvalue weighted by molar-refractivity contribution is -0.00438. The molecule has 0 spiro atoms. The van der Waals surface area contributed by atoms with Crippen LogP contribution in [0.25, 0.3) is 0 Å². The van der Waals surface area contributed by atoms with Gasteiger partial charge in [-0.1, -0.05) is 6.92 Å². The van der Waals surface area contributed by atoms with Crippen molar-refractivity contribution in [3.63, 3.8) is 0 Å². The standard InChI is InChI=1S/C10H17FN2O/c1-2-9(11)6-7-12-13-10-5-3-4-8-14-10/h6-7,10,13H,2-5,8H2,1H3/b9-6+,12-7-. The molecule has 0 aromatic carbocycles. The Labute approximate surface area is 84.0 Å². The van der Waals surface area contributed by atoms with Gasteiger partial charge in [-0.2, -0.15) is 5.10 Å². The zero-order valence-electron chi connectivity index (χ0n) is 8.50. The lowest BCUT2D eigenvalue weighted by atomic mass is 10.2. The van der Waals surface area contributed by atoms with E-state index in [1.807, 2.05) is 0 Å². The highest BCUT2D eigenvalue weighted by molar-refractivity contribution is 5.71. The molecule has 1 unspecified atom stereocenters. The summed E-state index contributed by atoms with van der Waals surface area (Å²) >= 11 is 0. The van der Waals surface area contributed by atoms with Crippen LogP contribution in [-0.4, -0.2) is 19.0 Å². The van der Waals surface area contributed by atoms with E-state index >= 15 is 0 Å². The Kier molecular flexibility index (Phi) is 5.22. The molecule has 0 amide bonds. The van der Waals surface area contributed by atoms with Crippen LogP contribution < -0.4 is 5.43 Å². The SMILES string of the molecule is CC/C(F)=C\C=N/NC1CCCCO1. The molecular formula is C10H17FN2O. The van der Waals surface area contributed by atoms with Gasteiger partial charge in [0.25, 0.3) is 0 Å². The molecular weight excluding hydrogens is 183 g/mol. The second kappa shape index (κ2) is 6.54. The Morgan fingerprint density at radius 3 is 3.14 bits per heavy atom. The van der Waals surface area contributed by atoms with E-state index in [0.717, 1.165) is 25.9 Å². The normalized spacial score (nSPS) is 24.1. The summed E-state index contributed by atoms with van der Waals surface area (Å²) in [7, 11) is 0. The molecule has 80 valence electrons. The van der Waals surface area contributed by atoms with E-state index in [-0.39, 0.29) is 12.1 Å². The first-order chi connectivity index (χ1) is 6.83. The molecule has 0 radical (unpaired) electrons. The molecule has 3 nitrogen and oxygen atoms in total. The fraction of sp³-hybridized carbons (Fsp3) is 0.700. The van der Waals surface area contributed by atoms with Gasteiger partial charge in [-0.25, -0.2) is 4.39 Å². The lowest BCUT2D eigenvalue weighted by Crippen LogP contribution is -2.30. The second-order valence-corrected chi connectivity index (χ2v) is 3.23. The van der Waals surface area contributed by atoms with E-state index in [1.165, 1.54) is 12.3 Å². The number of nitrogens with one attached hydrogen (secondary N) is 1. The first kappa shape index (κ1) is 11.2. The van der Waals surface area contributed by atoms with Crippen LogP contribution in [0, 0.1) is 0 Å². The van der Waals surface area contributed by atoms with Crippen LogP contribution in [-0.2, 0) is 4.74 Å². The zero-order chi connectivity index (χ0) is 10.2. The number of nitrogens with zero attached hydrogens (tertiary/aromatic N) is 1. The number of hydrogen-bond donors (Lipinski definition) is 1. The first-order valence-electron chi connectivity index (χ1n) is 5.07. The van der Waals surface area contributed by atoms with Crippen molar-refractivity contribution in [2.45, 2.75) is 38.8 Å². The van der Waals surface area contributed by atoms with Gasteiger partial charge < -0.3 is 4.74 Å². The smallest absolute Gasteiger partial charge is 0.142 e. The molecule has 1 atom stereocenters. The maximum Gasteiger partial charge on any atom is 0.142 e. The Morgan fingerprint density at radius 1 is 1.64 bits per heavy atom. The molecule has 0 aromatic heterocycles. The third-order valence-corrected chi connectivity index (χ3v) is 2.07. The van der Waals surface area contributed by atoms with Crippen molar-refractivity contribution in [1.29, 1.82) is 0 Å². The highest BCUT2D eigenvalue weighted by Crippen LogP contribution is 2.09. The van der Waals surface area contributed by atoms with E-state index < -0.39 is 0 Å². The van der Waals surface area contributed by atoms with Crippen molar-refractivity contribution < 1.29 is 9.13 Å². The van der Waals surface area contributed by atoms with Crippen molar-refractivity contribution in [2.24, 2.45) is 5.10 Å². The molecule has 0 bridgehead atoms. The van der Waals surface area contributed by atoms with Crippen LogP contribution in [0.3, 0.4) is 0 Å². The fourth-order valence-corrected chi connectivity index (χ4v) is 1.20. The lowest BCUT2D eigenvalue weighted by Gasteiger charge is -2.21. The van der Waals surface area contributed by atoms with Gasteiger partial charge in [-0.05, 0) is 31.8 Å². The number of allylic oxidation sites excluding steroid dienone is 2. The van der Waals surface area contributed by atoms with Gasteiger partial charge in [0, 0.05) is 12.8 Å². The number of hydrazone groups is 1. The van der Waals surface area contributed by atoms with Crippen molar-refractivity contribution in [1.82, 2.24) is 5.43 Å². The summed E-state index contributed by atoms with van der Waals surface area (Å²) in [6, 6.07) is 0. The van der Waals surface area contributed by atoms with Gasteiger partial charge >= 0.3 is 0 Å². The molecule has 1 fully saturated rings. The number of rotatable bonds is 4. The molecule has 4 heteroatoms. The minimum Gasteiger partial charge on any atom is -0.357 e. The van der Waals surface area contributed by atoms with Gasteiger partial charge in [0.2, 0.25) is 0 Å². The van der Waals surface area contributed by atoms with Crippen LogP contribution in [0.5, 0.6) is 0 Å². The monoisotopic (exact) mass is 200 g/mol. The van der Waals surface area contributed by atoms with Gasteiger partial charge in [0.1, 0.15) is 12.1 Å². The third-order valence-electron chi connectivity index (χ3n) is 2.07. The number of hydrogen-bond acceptors (Lipinski definition) is 3. The number of halogens is 1. The van der Waals surface area contributed by atoms with Gasteiger partial charge in [0.05, 0.1) is 0 Å². The summed E-state index contributed by atoms with van der Waals surface area (Å²) in [6.07, 6.45) is 6.44. The minimum absolute atomic E-state index is 0.00177. The second-order valence-electron chi connectivity index (χ2n) is 3.23. The van der Waals surface area contributed by atoms with E-state index in [4.69, 9.17) is 4.74 Å². The largest absolute Gasteiger partial charge is 0.357 e. The van der Waals surface area contributed by atoms with Gasteiger partial charge in [-0.3, -0.25) is 5.43 Å². The molecule has 1 rings (SSSR count). The van der Waals surface area contributed by atoms with Crippen LogP contribution in [0.1, 0.15) is 32.6 Å². The Bertz CT molecular complexity index is 210. The third kappa shape index (κ3) is 4.37. The maximum atomic E-state index is 12.6. The summed E-state index contributed by atoms with van der Waals surface area (Å²) < 4.78 is 18.0. The molecule has 1 aliphatic heterocycles. The van der Waals surface area contributed by atoms with Gasteiger partial charge in [-0.15, -0.1) is 0 Å². The average Bonchev–Trinajstić information content (AvgIpc) is 2.25. The molecule has 1 heterocycles. The Morgan fingerprint density at radius 2 is 2.50 bits per heavy atom. The predicted octanol–water partition coefficient (Wildman–Crippen LogP) is 2.35. The van der Waals surface area contributed by atoms with Crippen LogP contribution in [0.4, 0.5) is 4.39 Å². The Balaban J connectivity index is 2.18. The quantitative estimate of drug-likeness (QED) is 0.558. The van der Waals surface area contributed by atoms with Crippen LogP contribution in [0.2, 0.25) is 0 Å². The van der Waals surface area contributed by atoms with Gasteiger partial charge in [0.15, 0.2) is 0 Å². The molecule has 0 aromatic rings. The number of ether oxygens (including phenoxy) is 1. The van der Waals surface area contributed by atoms with Crippen molar-refractivity contribution >= 4 is 6.21 Å². The van der Waals surface area contributed by atoms with Crippen molar-refractivity contribution in [2.75, 3.05) is 6.61 Å². The topological polar surface area (TPSA) is 33.6 Å². The highest BCUT2D eigenvalue weighted by atomic mass is 19.1. The van der Waals surface area contributed by atoms with Crippen LogP contribution >= 0.6 is 0 Å². The van der Waals surface area contributed by atoms with E-state index in [0.29, 0.717) is 6.42 Å². The molecule has 1 saturated heterocycles. The Hall–Kier alpha value is -0.900. The predicted molar refractivity (Wildman–Crippen MR) is 54.7 cm³/mol. The molecule has 1 N–H and O–H groups in total. The summed E-state index contributed by atoms with van der Waals surface area (Å²) in [5.41, 5.74) is 2.84. The summed E-state index contributed by atoms with van der Waals surface area (Å²) in [5, 5.41) is 3.87. The van der Waals surface area contributed by atoms with Crippen molar-refractivity contribution in [3.05, 3.63) is 11.9 Å². The molecule has 0 aliphatic carbocycles. The van der Waals surface area contributed by atoms with E-state index in [2.05, 4.69) is 10.5 Å². The molecule has 0 saturated carbocycles. The summed E-state index contributed by atoms with van der Waals surface area (Å²) in [6.45, 7) is 2.55. The first-order valence-corrected chi connectivity index (χ1v) is 5.07.